The van der Waals surface area contributed by atoms with Gasteiger partial charge in [0.1, 0.15) is 0 Å². The summed E-state index contributed by atoms with van der Waals surface area (Å²) < 4.78 is 11.2. The predicted octanol–water partition coefficient (Wildman–Crippen LogP) is 1.67. The van der Waals surface area contributed by atoms with E-state index in [-0.39, 0.29) is 0 Å². The van der Waals surface area contributed by atoms with Gasteiger partial charge in [0.2, 0.25) is 0 Å². The third-order valence-electron chi connectivity index (χ3n) is 1.52. The van der Waals surface area contributed by atoms with Crippen molar-refractivity contribution in [1.29, 1.82) is 0 Å². The molecule has 0 aliphatic carbocycles. The lowest BCUT2D eigenvalue weighted by molar-refractivity contribution is 0.580. The smallest absolute Gasteiger partial charge is 0.0855 e. The molecule has 1 rings (SSSR count). The summed E-state index contributed by atoms with van der Waals surface area (Å²) in [4.78, 5) is 0. The van der Waals surface area contributed by atoms with Crippen LogP contribution in [0.2, 0.25) is 0 Å². The summed E-state index contributed by atoms with van der Waals surface area (Å²) in [5, 5.41) is 0. The molecule has 1 aliphatic rings. The molecule has 0 unspecified atom stereocenters. The van der Waals surface area contributed by atoms with Crippen molar-refractivity contribution in [2.24, 2.45) is 0 Å². The summed E-state index contributed by atoms with van der Waals surface area (Å²) in [7, 11) is -0.483. The van der Waals surface area contributed by atoms with Crippen LogP contribution in [0.5, 0.6) is 0 Å². The van der Waals surface area contributed by atoms with Crippen LogP contribution in [0.15, 0.2) is 0 Å². The van der Waals surface area contributed by atoms with Crippen molar-refractivity contribution < 1.29 is 4.57 Å². The van der Waals surface area contributed by atoms with E-state index >= 15 is 0 Å². The molecule has 0 saturated carbocycles. The zero-order chi connectivity index (χ0) is 6.04. The molecule has 0 atom stereocenters. The second-order valence-corrected chi connectivity index (χ2v) is 7.48. The van der Waals surface area contributed by atoms with Gasteiger partial charge in [-0.25, -0.2) is 0 Å². The fraction of sp³-hybridized carbons (Fsp3) is 1.00. The highest BCUT2D eigenvalue weighted by molar-refractivity contribution is 7.65. The van der Waals surface area contributed by atoms with E-state index in [1.807, 2.05) is 6.66 Å². The van der Waals surface area contributed by atoms with Crippen molar-refractivity contribution in [3.63, 3.8) is 0 Å². The number of hydrogen-bond donors (Lipinski definition) is 0. The summed E-state index contributed by atoms with van der Waals surface area (Å²) in [6.07, 6.45) is 4.50. The van der Waals surface area contributed by atoms with E-state index < -0.39 is 7.14 Å². The largest absolute Gasteiger partial charge is 0.324 e. The first-order chi connectivity index (χ1) is 3.71. The first-order valence-corrected chi connectivity index (χ1v) is 6.91. The average Bonchev–Trinajstić information content (AvgIpc) is 1.65. The quantitative estimate of drug-likeness (QED) is 0.480. The molecule has 1 fully saturated rings. The van der Waals surface area contributed by atoms with Gasteiger partial charge in [-0.05, 0) is 19.0 Å². The standard InChI is InChI=1S/C5H12OP2/c1-8(6)4-2-7-3-5-8/h7H,2-5H2,1H3. The third-order valence-corrected chi connectivity index (χ3v) is 5.91. The van der Waals surface area contributed by atoms with Crippen molar-refractivity contribution in [1.82, 2.24) is 0 Å². The SMILES string of the molecule is CP1(=O)CCPCC1. The molecule has 1 saturated heterocycles. The molecular formula is C5H12OP2. The van der Waals surface area contributed by atoms with E-state index in [4.69, 9.17) is 0 Å². The maximum absolute atomic E-state index is 11.2. The molecule has 1 nitrogen and oxygen atoms in total. The van der Waals surface area contributed by atoms with Gasteiger partial charge in [-0.15, -0.1) is 8.58 Å². The van der Waals surface area contributed by atoms with Crippen molar-refractivity contribution in [2.45, 2.75) is 0 Å². The van der Waals surface area contributed by atoms with E-state index in [0.717, 1.165) is 20.9 Å². The van der Waals surface area contributed by atoms with Crippen LogP contribution in [0, 0.1) is 0 Å². The van der Waals surface area contributed by atoms with Crippen molar-refractivity contribution in [3.8, 4) is 0 Å². The lowest BCUT2D eigenvalue weighted by Gasteiger charge is -2.17. The molecule has 0 aromatic carbocycles. The minimum Gasteiger partial charge on any atom is -0.324 e. The van der Waals surface area contributed by atoms with Crippen LogP contribution in [0.25, 0.3) is 0 Å². The van der Waals surface area contributed by atoms with E-state index in [2.05, 4.69) is 0 Å². The van der Waals surface area contributed by atoms with Gasteiger partial charge in [0, 0.05) is 12.3 Å². The fourth-order valence-electron chi connectivity index (χ4n) is 0.868. The number of rotatable bonds is 0. The average molecular weight is 150 g/mol. The second-order valence-electron chi connectivity index (χ2n) is 2.49. The molecule has 48 valence electrons. The van der Waals surface area contributed by atoms with Crippen molar-refractivity contribution in [2.75, 3.05) is 31.3 Å². The Balaban J connectivity index is 2.45. The Kier molecular flexibility index (Phi) is 2.12. The Hall–Kier alpha value is 0.660. The highest BCUT2D eigenvalue weighted by Crippen LogP contribution is 2.46. The van der Waals surface area contributed by atoms with E-state index in [1.165, 1.54) is 12.3 Å². The van der Waals surface area contributed by atoms with Gasteiger partial charge in [0.25, 0.3) is 0 Å². The van der Waals surface area contributed by atoms with Crippen LogP contribution in [0.3, 0.4) is 0 Å². The van der Waals surface area contributed by atoms with Gasteiger partial charge in [-0.3, -0.25) is 0 Å². The van der Waals surface area contributed by atoms with Gasteiger partial charge in [0.15, 0.2) is 0 Å². The summed E-state index contributed by atoms with van der Waals surface area (Å²) >= 11 is 0. The van der Waals surface area contributed by atoms with Gasteiger partial charge in [-0.2, -0.15) is 0 Å². The molecular weight excluding hydrogens is 138 g/mol. The first kappa shape index (κ1) is 6.78. The van der Waals surface area contributed by atoms with Gasteiger partial charge < -0.3 is 4.57 Å². The van der Waals surface area contributed by atoms with Crippen LogP contribution in [0.1, 0.15) is 0 Å². The van der Waals surface area contributed by atoms with E-state index in [1.54, 1.807) is 0 Å². The number of hydrogen-bond acceptors (Lipinski definition) is 1. The van der Waals surface area contributed by atoms with Gasteiger partial charge in [-0.1, -0.05) is 0 Å². The summed E-state index contributed by atoms with van der Waals surface area (Å²) in [5.41, 5.74) is 0. The van der Waals surface area contributed by atoms with Crippen LogP contribution >= 0.6 is 15.7 Å². The fourth-order valence-corrected chi connectivity index (χ4v) is 6.39. The van der Waals surface area contributed by atoms with Crippen LogP contribution in [-0.4, -0.2) is 31.3 Å². The lowest BCUT2D eigenvalue weighted by atomic mass is 10.9. The zero-order valence-corrected chi connectivity index (χ0v) is 7.08. The lowest BCUT2D eigenvalue weighted by Crippen LogP contribution is -2.03. The summed E-state index contributed by atoms with van der Waals surface area (Å²) in [6.45, 7) is 1.94. The topological polar surface area (TPSA) is 17.1 Å². The minimum atomic E-state index is -1.58. The molecule has 8 heavy (non-hydrogen) atoms. The highest BCUT2D eigenvalue weighted by atomic mass is 31.2. The molecule has 0 spiro atoms. The monoisotopic (exact) mass is 150 g/mol. The Morgan fingerprint density at radius 3 is 2.12 bits per heavy atom. The van der Waals surface area contributed by atoms with Crippen molar-refractivity contribution in [3.05, 3.63) is 0 Å². The van der Waals surface area contributed by atoms with Gasteiger partial charge >= 0.3 is 0 Å². The third kappa shape index (κ3) is 1.88. The molecule has 0 N–H and O–H groups in total. The second kappa shape index (κ2) is 2.50. The highest BCUT2D eigenvalue weighted by Gasteiger charge is 2.17. The van der Waals surface area contributed by atoms with Crippen LogP contribution in [-0.2, 0) is 4.57 Å². The molecule has 3 heteroatoms. The molecule has 0 bridgehead atoms. The minimum absolute atomic E-state index is 1.02. The summed E-state index contributed by atoms with van der Waals surface area (Å²) in [6, 6.07) is 0. The van der Waals surface area contributed by atoms with Crippen molar-refractivity contribution >= 4 is 15.7 Å². The Morgan fingerprint density at radius 1 is 1.38 bits per heavy atom. The Labute approximate surface area is 52.4 Å². The molecule has 1 aliphatic heterocycles. The van der Waals surface area contributed by atoms with E-state index in [0.29, 0.717) is 0 Å². The van der Waals surface area contributed by atoms with Crippen LogP contribution < -0.4 is 0 Å². The molecule has 0 amide bonds. The first-order valence-electron chi connectivity index (χ1n) is 2.97. The Bertz CT molecular complexity index is 112. The van der Waals surface area contributed by atoms with Gasteiger partial charge in [0.05, 0.1) is 7.14 Å². The molecule has 0 aromatic rings. The zero-order valence-electron chi connectivity index (χ0n) is 5.18. The molecule has 0 radical (unpaired) electrons. The predicted molar refractivity (Wildman–Crippen MR) is 41.3 cm³/mol. The molecule has 0 aromatic heterocycles. The Morgan fingerprint density at radius 2 is 1.88 bits per heavy atom. The maximum atomic E-state index is 11.2. The molecule has 1 heterocycles. The maximum Gasteiger partial charge on any atom is 0.0855 e. The van der Waals surface area contributed by atoms with E-state index in [9.17, 15) is 4.57 Å². The van der Waals surface area contributed by atoms with Crippen LogP contribution in [0.4, 0.5) is 0 Å². The normalized spacial score (nSPS) is 42.6. The summed E-state index contributed by atoms with van der Waals surface area (Å²) in [5.74, 6) is 0.